The van der Waals surface area contributed by atoms with Crippen LogP contribution >= 0.6 is 0 Å². The lowest BCUT2D eigenvalue weighted by molar-refractivity contribution is 0.576. The van der Waals surface area contributed by atoms with Gasteiger partial charge in [0, 0.05) is 18.8 Å². The summed E-state index contributed by atoms with van der Waals surface area (Å²) < 4.78 is 12.6. The van der Waals surface area contributed by atoms with Crippen LogP contribution in [0.25, 0.3) is 0 Å². The largest absolute Gasteiger partial charge is 0.372 e. The van der Waals surface area contributed by atoms with Crippen molar-refractivity contribution in [2.24, 2.45) is 0 Å². The van der Waals surface area contributed by atoms with Crippen LogP contribution in [0.2, 0.25) is 0 Å². The summed E-state index contributed by atoms with van der Waals surface area (Å²) in [6.07, 6.45) is 3.85. The molecule has 1 saturated heterocycles. The summed E-state index contributed by atoms with van der Waals surface area (Å²) in [7, 11) is 0. The Morgan fingerprint density at radius 2 is 1.54 bits per heavy atom. The molecule has 0 aliphatic carbocycles. The van der Waals surface area contributed by atoms with E-state index in [-0.39, 0.29) is 5.82 Å². The Kier molecular flexibility index (Phi) is 2.48. The van der Waals surface area contributed by atoms with Crippen LogP contribution in [0.3, 0.4) is 0 Å². The molecule has 1 aliphatic heterocycles. The number of hydrogen-bond acceptors (Lipinski definition) is 1. The second-order valence-corrected chi connectivity index (χ2v) is 3.52. The van der Waals surface area contributed by atoms with E-state index in [9.17, 15) is 4.39 Å². The zero-order valence-electron chi connectivity index (χ0n) is 7.67. The first-order chi connectivity index (χ1) is 6.36. The van der Waals surface area contributed by atoms with Crippen LogP contribution in [0.1, 0.15) is 19.3 Å². The van der Waals surface area contributed by atoms with Crippen LogP contribution in [0.4, 0.5) is 10.1 Å². The molecule has 2 heteroatoms. The highest BCUT2D eigenvalue weighted by Crippen LogP contribution is 2.19. The highest BCUT2D eigenvalue weighted by molar-refractivity contribution is 5.46. The predicted octanol–water partition coefficient (Wildman–Crippen LogP) is 2.82. The molecule has 0 spiro atoms. The van der Waals surface area contributed by atoms with E-state index in [0.29, 0.717) is 0 Å². The summed E-state index contributed by atoms with van der Waals surface area (Å²) in [4.78, 5) is 2.32. The Balaban J connectivity index is 2.10. The van der Waals surface area contributed by atoms with Crippen LogP contribution in [-0.4, -0.2) is 13.1 Å². The monoisotopic (exact) mass is 179 g/mol. The molecule has 0 amide bonds. The predicted molar refractivity (Wildman–Crippen MR) is 52.5 cm³/mol. The van der Waals surface area contributed by atoms with Gasteiger partial charge in [0.15, 0.2) is 0 Å². The van der Waals surface area contributed by atoms with Gasteiger partial charge in [-0.1, -0.05) is 0 Å². The summed E-state index contributed by atoms with van der Waals surface area (Å²) in [5, 5.41) is 0. The fourth-order valence-corrected chi connectivity index (χ4v) is 1.80. The van der Waals surface area contributed by atoms with Gasteiger partial charge in [-0.25, -0.2) is 4.39 Å². The number of nitrogens with zero attached hydrogens (tertiary/aromatic N) is 1. The standard InChI is InChI=1S/C11H14FN/c12-10-4-6-11(7-5-10)13-8-2-1-3-9-13/h4-7H,1-3,8-9H2. The first-order valence-corrected chi connectivity index (χ1v) is 4.87. The van der Waals surface area contributed by atoms with Crippen LogP contribution < -0.4 is 4.90 Å². The normalized spacial score (nSPS) is 17.5. The van der Waals surface area contributed by atoms with Gasteiger partial charge in [-0.3, -0.25) is 0 Å². The number of benzene rings is 1. The van der Waals surface area contributed by atoms with Gasteiger partial charge < -0.3 is 4.90 Å². The van der Waals surface area contributed by atoms with Crippen molar-refractivity contribution in [3.8, 4) is 0 Å². The molecule has 0 aromatic heterocycles. The van der Waals surface area contributed by atoms with Crippen molar-refractivity contribution in [1.82, 2.24) is 0 Å². The van der Waals surface area contributed by atoms with E-state index in [0.717, 1.165) is 18.8 Å². The molecule has 1 aliphatic rings. The minimum absolute atomic E-state index is 0.152. The lowest BCUT2D eigenvalue weighted by Gasteiger charge is -2.28. The van der Waals surface area contributed by atoms with E-state index in [4.69, 9.17) is 0 Å². The summed E-state index contributed by atoms with van der Waals surface area (Å²) in [6, 6.07) is 6.79. The topological polar surface area (TPSA) is 3.24 Å². The third-order valence-electron chi connectivity index (χ3n) is 2.55. The number of hydrogen-bond donors (Lipinski definition) is 0. The molecular formula is C11H14FN. The van der Waals surface area contributed by atoms with Crippen molar-refractivity contribution in [2.75, 3.05) is 18.0 Å². The fraction of sp³-hybridized carbons (Fsp3) is 0.455. The van der Waals surface area contributed by atoms with Crippen molar-refractivity contribution in [2.45, 2.75) is 19.3 Å². The Bertz CT molecular complexity index is 262. The number of rotatable bonds is 1. The van der Waals surface area contributed by atoms with E-state index in [1.165, 1.54) is 31.4 Å². The molecule has 0 unspecified atom stereocenters. The summed E-state index contributed by atoms with van der Waals surface area (Å²) in [6.45, 7) is 2.23. The molecule has 13 heavy (non-hydrogen) atoms. The molecule has 1 heterocycles. The average molecular weight is 179 g/mol. The highest BCUT2D eigenvalue weighted by atomic mass is 19.1. The average Bonchev–Trinajstić information content (AvgIpc) is 2.20. The Morgan fingerprint density at radius 1 is 0.923 bits per heavy atom. The number of piperidine rings is 1. The van der Waals surface area contributed by atoms with E-state index < -0.39 is 0 Å². The molecule has 1 aromatic rings. The molecule has 1 nitrogen and oxygen atoms in total. The molecule has 1 aromatic carbocycles. The molecule has 0 atom stereocenters. The van der Waals surface area contributed by atoms with E-state index in [2.05, 4.69) is 4.90 Å². The van der Waals surface area contributed by atoms with Gasteiger partial charge in [0.1, 0.15) is 5.82 Å². The molecule has 0 N–H and O–H groups in total. The molecule has 0 radical (unpaired) electrons. The molecule has 1 fully saturated rings. The molecular weight excluding hydrogens is 165 g/mol. The zero-order chi connectivity index (χ0) is 9.10. The van der Waals surface area contributed by atoms with Gasteiger partial charge in [-0.2, -0.15) is 0 Å². The van der Waals surface area contributed by atoms with E-state index in [1.54, 1.807) is 0 Å². The molecule has 0 bridgehead atoms. The van der Waals surface area contributed by atoms with Gasteiger partial charge in [-0.15, -0.1) is 0 Å². The minimum Gasteiger partial charge on any atom is -0.372 e. The van der Waals surface area contributed by atoms with Gasteiger partial charge in [0.25, 0.3) is 0 Å². The van der Waals surface area contributed by atoms with Crippen LogP contribution in [0.5, 0.6) is 0 Å². The zero-order valence-corrected chi connectivity index (χ0v) is 7.67. The van der Waals surface area contributed by atoms with Crippen molar-refractivity contribution in [3.63, 3.8) is 0 Å². The lowest BCUT2D eigenvalue weighted by Crippen LogP contribution is -2.29. The van der Waals surface area contributed by atoms with Gasteiger partial charge in [0.05, 0.1) is 0 Å². The fourth-order valence-electron chi connectivity index (χ4n) is 1.80. The van der Waals surface area contributed by atoms with E-state index >= 15 is 0 Å². The van der Waals surface area contributed by atoms with Crippen molar-refractivity contribution in [3.05, 3.63) is 30.1 Å². The van der Waals surface area contributed by atoms with Gasteiger partial charge in [0.2, 0.25) is 0 Å². The van der Waals surface area contributed by atoms with Gasteiger partial charge in [-0.05, 0) is 43.5 Å². The summed E-state index contributed by atoms with van der Waals surface area (Å²) in [5.41, 5.74) is 1.15. The van der Waals surface area contributed by atoms with Crippen molar-refractivity contribution in [1.29, 1.82) is 0 Å². The number of anilines is 1. The van der Waals surface area contributed by atoms with Crippen LogP contribution in [-0.2, 0) is 0 Å². The maximum absolute atomic E-state index is 12.6. The van der Waals surface area contributed by atoms with Crippen LogP contribution in [0.15, 0.2) is 24.3 Å². The van der Waals surface area contributed by atoms with Crippen molar-refractivity contribution >= 4 is 5.69 Å². The third-order valence-corrected chi connectivity index (χ3v) is 2.55. The second kappa shape index (κ2) is 3.77. The quantitative estimate of drug-likeness (QED) is 0.640. The SMILES string of the molecule is Fc1ccc(N2CCCCC2)cc1. The summed E-state index contributed by atoms with van der Waals surface area (Å²) >= 11 is 0. The maximum Gasteiger partial charge on any atom is 0.123 e. The maximum atomic E-state index is 12.6. The minimum atomic E-state index is -0.152. The number of halogens is 1. The van der Waals surface area contributed by atoms with Crippen LogP contribution in [0, 0.1) is 5.82 Å². The second-order valence-electron chi connectivity index (χ2n) is 3.52. The molecule has 2 rings (SSSR count). The van der Waals surface area contributed by atoms with Crippen molar-refractivity contribution < 1.29 is 4.39 Å². The summed E-state index contributed by atoms with van der Waals surface area (Å²) in [5.74, 6) is -0.152. The lowest BCUT2D eigenvalue weighted by atomic mass is 10.1. The first kappa shape index (κ1) is 8.54. The highest BCUT2D eigenvalue weighted by Gasteiger charge is 2.09. The smallest absolute Gasteiger partial charge is 0.123 e. The Hall–Kier alpha value is -1.05. The van der Waals surface area contributed by atoms with E-state index in [1.807, 2.05) is 12.1 Å². The molecule has 0 saturated carbocycles. The third kappa shape index (κ3) is 2.00. The van der Waals surface area contributed by atoms with Gasteiger partial charge >= 0.3 is 0 Å². The Morgan fingerprint density at radius 3 is 2.15 bits per heavy atom. The molecule has 70 valence electrons. The Labute approximate surface area is 78.2 Å². The first-order valence-electron chi connectivity index (χ1n) is 4.87.